The van der Waals surface area contributed by atoms with Crippen molar-refractivity contribution in [3.8, 4) is 11.6 Å². The first-order valence-electron chi connectivity index (χ1n) is 5.63. The zero-order valence-corrected chi connectivity index (χ0v) is 10.1. The molecule has 1 fully saturated rings. The van der Waals surface area contributed by atoms with Crippen LogP contribution in [-0.4, -0.2) is 33.6 Å². The fraction of sp³-hybridized carbons (Fsp3) is 0.455. The molecular formula is C11H13N3O2S. The van der Waals surface area contributed by atoms with Crippen molar-refractivity contribution >= 4 is 11.8 Å². The molecule has 1 aliphatic heterocycles. The Kier molecular flexibility index (Phi) is 3.15. The minimum absolute atomic E-state index is 0.334. The largest absolute Gasteiger partial charge is 0.410 e. The van der Waals surface area contributed by atoms with E-state index in [4.69, 9.17) is 9.15 Å². The maximum atomic E-state index is 5.54. The van der Waals surface area contributed by atoms with Gasteiger partial charge in [0.05, 0.1) is 6.10 Å². The molecule has 6 heteroatoms. The van der Waals surface area contributed by atoms with Crippen LogP contribution in [0, 0.1) is 0 Å². The Morgan fingerprint density at radius 2 is 2.47 bits per heavy atom. The highest BCUT2D eigenvalue weighted by Crippen LogP contribution is 2.25. The third-order valence-electron chi connectivity index (χ3n) is 2.65. The Labute approximate surface area is 103 Å². The number of rotatable bonds is 4. The second kappa shape index (κ2) is 4.93. The highest BCUT2D eigenvalue weighted by Gasteiger charge is 2.17. The summed E-state index contributed by atoms with van der Waals surface area (Å²) < 4.78 is 11.1. The van der Waals surface area contributed by atoms with E-state index in [2.05, 4.69) is 15.2 Å². The minimum atomic E-state index is 0.334. The molecule has 90 valence electrons. The third-order valence-corrected chi connectivity index (χ3v) is 3.60. The number of nitrogens with one attached hydrogen (secondary N) is 1. The monoisotopic (exact) mass is 251 g/mol. The molecule has 0 saturated carbocycles. The molecule has 3 heterocycles. The topological polar surface area (TPSA) is 63.9 Å². The zero-order chi connectivity index (χ0) is 11.5. The second-order valence-electron chi connectivity index (χ2n) is 3.90. The lowest BCUT2D eigenvalue weighted by Gasteiger charge is -2.05. The van der Waals surface area contributed by atoms with Gasteiger partial charge in [0.2, 0.25) is 0 Å². The second-order valence-corrected chi connectivity index (χ2v) is 4.87. The van der Waals surface area contributed by atoms with Crippen molar-refractivity contribution in [1.29, 1.82) is 0 Å². The molecule has 0 radical (unpaired) electrons. The van der Waals surface area contributed by atoms with Gasteiger partial charge in [-0.15, -0.1) is 10.2 Å². The van der Waals surface area contributed by atoms with Crippen molar-refractivity contribution in [2.24, 2.45) is 0 Å². The van der Waals surface area contributed by atoms with Crippen LogP contribution in [0.2, 0.25) is 0 Å². The Balaban J connectivity index is 1.60. The van der Waals surface area contributed by atoms with E-state index in [0.29, 0.717) is 17.2 Å². The zero-order valence-electron chi connectivity index (χ0n) is 9.26. The number of nitrogens with zero attached hydrogens (tertiary/aromatic N) is 2. The third kappa shape index (κ3) is 2.53. The van der Waals surface area contributed by atoms with Crippen LogP contribution in [-0.2, 0) is 4.74 Å². The number of H-pyrrole nitrogens is 1. The minimum Gasteiger partial charge on any atom is -0.410 e. The van der Waals surface area contributed by atoms with Gasteiger partial charge in [-0.1, -0.05) is 11.8 Å². The van der Waals surface area contributed by atoms with E-state index in [1.807, 2.05) is 18.3 Å². The molecule has 1 aliphatic rings. The molecule has 17 heavy (non-hydrogen) atoms. The van der Waals surface area contributed by atoms with Crippen molar-refractivity contribution in [3.63, 3.8) is 0 Å². The lowest BCUT2D eigenvalue weighted by atomic mass is 10.3. The van der Waals surface area contributed by atoms with Crippen LogP contribution in [0.15, 0.2) is 28.0 Å². The van der Waals surface area contributed by atoms with Crippen LogP contribution in [0.5, 0.6) is 0 Å². The lowest BCUT2D eigenvalue weighted by Crippen LogP contribution is -2.07. The van der Waals surface area contributed by atoms with E-state index >= 15 is 0 Å². The summed E-state index contributed by atoms with van der Waals surface area (Å²) in [6.45, 7) is 0.878. The lowest BCUT2D eigenvalue weighted by molar-refractivity contribution is 0.128. The molecule has 1 atom stereocenters. The summed E-state index contributed by atoms with van der Waals surface area (Å²) in [7, 11) is 0. The number of thioether (sulfide) groups is 1. The van der Waals surface area contributed by atoms with Gasteiger partial charge in [-0.25, -0.2) is 0 Å². The van der Waals surface area contributed by atoms with Crippen molar-refractivity contribution in [2.75, 3.05) is 12.4 Å². The summed E-state index contributed by atoms with van der Waals surface area (Å²) in [5, 5.41) is 8.60. The first kappa shape index (κ1) is 10.9. The fourth-order valence-electron chi connectivity index (χ4n) is 1.78. The van der Waals surface area contributed by atoms with Crippen molar-refractivity contribution < 1.29 is 9.15 Å². The molecule has 0 bridgehead atoms. The van der Waals surface area contributed by atoms with Crippen molar-refractivity contribution in [1.82, 2.24) is 15.2 Å². The summed E-state index contributed by atoms with van der Waals surface area (Å²) in [6.07, 6.45) is 4.45. The summed E-state index contributed by atoms with van der Waals surface area (Å²) in [5.74, 6) is 1.41. The van der Waals surface area contributed by atoms with Gasteiger partial charge in [-0.3, -0.25) is 0 Å². The quantitative estimate of drug-likeness (QED) is 0.845. The Morgan fingerprint density at radius 1 is 1.47 bits per heavy atom. The van der Waals surface area contributed by atoms with E-state index in [-0.39, 0.29) is 0 Å². The smallest absolute Gasteiger partial charge is 0.277 e. The molecule has 0 unspecified atom stereocenters. The van der Waals surface area contributed by atoms with E-state index < -0.39 is 0 Å². The van der Waals surface area contributed by atoms with Gasteiger partial charge in [0.1, 0.15) is 5.69 Å². The average Bonchev–Trinajstić information content (AvgIpc) is 3.09. The molecule has 2 aromatic rings. The van der Waals surface area contributed by atoms with Gasteiger partial charge in [0.25, 0.3) is 11.1 Å². The Hall–Kier alpha value is -1.27. The van der Waals surface area contributed by atoms with Gasteiger partial charge in [0.15, 0.2) is 0 Å². The molecular weight excluding hydrogens is 238 g/mol. The van der Waals surface area contributed by atoms with Gasteiger partial charge < -0.3 is 14.1 Å². The summed E-state index contributed by atoms with van der Waals surface area (Å²) in [6, 6.07) is 3.81. The first-order valence-corrected chi connectivity index (χ1v) is 6.62. The highest BCUT2D eigenvalue weighted by molar-refractivity contribution is 7.99. The standard InChI is InChI=1S/C11H13N3O2S/c1-4-9(12-5-1)10-13-14-11(16-10)17-7-8-3-2-6-15-8/h1,4-5,8,12H,2-3,6-7H2/t8-/m0/s1. The molecule has 0 amide bonds. The van der Waals surface area contributed by atoms with Gasteiger partial charge in [-0.05, 0) is 25.0 Å². The SMILES string of the molecule is c1c[nH]c(-c2nnc(SC[C@@H]3CCCO3)o2)c1. The van der Waals surface area contributed by atoms with Crippen LogP contribution in [0.3, 0.4) is 0 Å². The number of aromatic amines is 1. The van der Waals surface area contributed by atoms with E-state index in [1.165, 1.54) is 0 Å². The molecule has 0 aromatic carbocycles. The van der Waals surface area contributed by atoms with E-state index in [1.54, 1.807) is 11.8 Å². The predicted molar refractivity (Wildman–Crippen MR) is 63.8 cm³/mol. The van der Waals surface area contributed by atoms with E-state index in [9.17, 15) is 0 Å². The van der Waals surface area contributed by atoms with E-state index in [0.717, 1.165) is 30.9 Å². The molecule has 2 aromatic heterocycles. The predicted octanol–water partition coefficient (Wildman–Crippen LogP) is 2.34. The number of hydrogen-bond donors (Lipinski definition) is 1. The normalized spacial score (nSPS) is 19.9. The molecule has 1 N–H and O–H groups in total. The summed E-state index contributed by atoms with van der Waals surface area (Å²) in [4.78, 5) is 3.03. The maximum Gasteiger partial charge on any atom is 0.277 e. The summed E-state index contributed by atoms with van der Waals surface area (Å²) >= 11 is 1.56. The molecule has 0 aliphatic carbocycles. The van der Waals surface area contributed by atoms with Crippen molar-refractivity contribution in [2.45, 2.75) is 24.2 Å². The molecule has 5 nitrogen and oxygen atoms in total. The van der Waals surface area contributed by atoms with Crippen LogP contribution < -0.4 is 0 Å². The van der Waals surface area contributed by atoms with Crippen LogP contribution in [0.1, 0.15) is 12.8 Å². The Bertz CT molecular complexity index is 463. The number of ether oxygens (including phenoxy) is 1. The van der Waals surface area contributed by atoms with Crippen LogP contribution in [0.4, 0.5) is 0 Å². The van der Waals surface area contributed by atoms with Gasteiger partial charge >= 0.3 is 0 Å². The van der Waals surface area contributed by atoms with Crippen LogP contribution >= 0.6 is 11.8 Å². The van der Waals surface area contributed by atoms with Crippen molar-refractivity contribution in [3.05, 3.63) is 18.3 Å². The number of aromatic nitrogens is 3. The fourth-order valence-corrected chi connectivity index (χ4v) is 2.61. The maximum absolute atomic E-state index is 5.54. The van der Waals surface area contributed by atoms with Gasteiger partial charge in [0, 0.05) is 18.6 Å². The number of hydrogen-bond acceptors (Lipinski definition) is 5. The van der Waals surface area contributed by atoms with Crippen LogP contribution in [0.25, 0.3) is 11.6 Å². The molecule has 0 spiro atoms. The first-order chi connectivity index (χ1) is 8.42. The molecule has 3 rings (SSSR count). The molecule has 1 saturated heterocycles. The Morgan fingerprint density at radius 3 is 3.24 bits per heavy atom. The highest BCUT2D eigenvalue weighted by atomic mass is 32.2. The van der Waals surface area contributed by atoms with Gasteiger partial charge in [-0.2, -0.15) is 0 Å². The summed E-state index contributed by atoms with van der Waals surface area (Å²) in [5.41, 5.74) is 0.849. The average molecular weight is 251 g/mol.